The van der Waals surface area contributed by atoms with Gasteiger partial charge in [-0.25, -0.2) is 0 Å². The number of ether oxygens (including phenoxy) is 2. The monoisotopic (exact) mass is 500 g/mol. The molecular weight excluding hydrogens is 468 g/mol. The molecule has 0 amide bonds. The van der Waals surface area contributed by atoms with Gasteiger partial charge in [-0.1, -0.05) is 115 Å². The second-order valence-corrected chi connectivity index (χ2v) is 9.36. The van der Waals surface area contributed by atoms with Crippen molar-refractivity contribution >= 4 is 0 Å². The maximum absolute atomic E-state index is 10.6. The molecule has 0 saturated heterocycles. The molecule has 5 aromatic rings. The molecule has 0 aliphatic carbocycles. The highest BCUT2D eigenvalue weighted by molar-refractivity contribution is 5.42. The van der Waals surface area contributed by atoms with Crippen molar-refractivity contribution in [2.24, 2.45) is 0 Å². The van der Waals surface area contributed by atoms with E-state index >= 15 is 0 Å². The van der Waals surface area contributed by atoms with Gasteiger partial charge in [0.2, 0.25) is 0 Å². The molecule has 1 N–H and O–H groups in total. The minimum absolute atomic E-state index is 0.0336. The van der Waals surface area contributed by atoms with E-state index in [-0.39, 0.29) is 18.4 Å². The quantitative estimate of drug-likeness (QED) is 0.201. The topological polar surface area (TPSA) is 38.7 Å². The maximum Gasteiger partial charge on any atom is 0.119 e. The lowest BCUT2D eigenvalue weighted by Crippen LogP contribution is -2.16. The molecule has 0 aliphatic heterocycles. The lowest BCUT2D eigenvalue weighted by Gasteiger charge is -2.27. The zero-order valence-electron chi connectivity index (χ0n) is 21.3. The van der Waals surface area contributed by atoms with Gasteiger partial charge in [-0.3, -0.25) is 0 Å². The summed E-state index contributed by atoms with van der Waals surface area (Å²) in [5, 5.41) is 10.6. The van der Waals surface area contributed by atoms with Crippen LogP contribution in [0.1, 0.15) is 39.7 Å². The van der Waals surface area contributed by atoms with Crippen molar-refractivity contribution in [1.82, 2.24) is 0 Å². The Balaban J connectivity index is 1.38. The Morgan fingerprint density at radius 1 is 0.447 bits per heavy atom. The van der Waals surface area contributed by atoms with Crippen LogP contribution in [0.15, 0.2) is 140 Å². The molecule has 0 heterocycles. The van der Waals surface area contributed by atoms with Crippen molar-refractivity contribution in [3.8, 4) is 11.5 Å². The Morgan fingerprint density at radius 3 is 1.24 bits per heavy atom. The molecule has 3 heteroatoms. The number of hydrogen-bond acceptors (Lipinski definition) is 3. The van der Waals surface area contributed by atoms with E-state index in [1.54, 1.807) is 0 Å². The van der Waals surface area contributed by atoms with Crippen LogP contribution in [-0.2, 0) is 13.2 Å². The van der Waals surface area contributed by atoms with Crippen LogP contribution in [0.4, 0.5) is 0 Å². The van der Waals surface area contributed by atoms with E-state index in [1.165, 1.54) is 0 Å². The van der Waals surface area contributed by atoms with Gasteiger partial charge in [0, 0.05) is 11.8 Å². The van der Waals surface area contributed by atoms with Crippen LogP contribution < -0.4 is 9.47 Å². The van der Waals surface area contributed by atoms with E-state index in [4.69, 9.17) is 9.47 Å². The van der Waals surface area contributed by atoms with Gasteiger partial charge >= 0.3 is 0 Å². The molecule has 0 saturated carbocycles. The van der Waals surface area contributed by atoms with Crippen molar-refractivity contribution in [2.45, 2.75) is 25.0 Å². The summed E-state index contributed by atoms with van der Waals surface area (Å²) in [6, 6.07) is 47.0. The molecular formula is C35H32O3. The maximum atomic E-state index is 10.6. The van der Waals surface area contributed by atoms with E-state index in [2.05, 4.69) is 60.7 Å². The van der Waals surface area contributed by atoms with Crippen LogP contribution in [0.25, 0.3) is 0 Å². The Morgan fingerprint density at radius 2 is 0.842 bits per heavy atom. The summed E-state index contributed by atoms with van der Waals surface area (Å²) in [6.45, 7) is 1.09. The molecule has 0 fully saturated rings. The van der Waals surface area contributed by atoms with Crippen LogP contribution in [0, 0.1) is 0 Å². The van der Waals surface area contributed by atoms with E-state index in [1.807, 2.05) is 78.9 Å². The number of benzene rings is 5. The highest BCUT2D eigenvalue weighted by Gasteiger charge is 2.26. The molecule has 5 rings (SSSR count). The Bertz CT molecular complexity index is 1280. The number of aliphatic hydroxyl groups excluding tert-OH is 1. The van der Waals surface area contributed by atoms with E-state index in [0.717, 1.165) is 39.3 Å². The predicted octanol–water partition coefficient (Wildman–Crippen LogP) is 7.75. The molecule has 0 aromatic heterocycles. The second-order valence-electron chi connectivity index (χ2n) is 9.36. The average Bonchev–Trinajstić information content (AvgIpc) is 3.00. The van der Waals surface area contributed by atoms with Gasteiger partial charge in [-0.05, 0) is 52.1 Å². The predicted molar refractivity (Wildman–Crippen MR) is 153 cm³/mol. The highest BCUT2D eigenvalue weighted by atomic mass is 16.5. The van der Waals surface area contributed by atoms with Crippen LogP contribution in [-0.4, -0.2) is 11.7 Å². The molecule has 190 valence electrons. The summed E-state index contributed by atoms with van der Waals surface area (Å²) in [6.07, 6.45) is 0. The van der Waals surface area contributed by atoms with E-state index < -0.39 is 0 Å². The second kappa shape index (κ2) is 12.8. The van der Waals surface area contributed by atoms with Crippen molar-refractivity contribution in [1.29, 1.82) is 0 Å². The molecule has 0 bridgehead atoms. The molecule has 0 radical (unpaired) electrons. The summed E-state index contributed by atoms with van der Waals surface area (Å²) < 4.78 is 12.0. The number of aliphatic hydroxyl groups is 1. The van der Waals surface area contributed by atoms with Gasteiger partial charge < -0.3 is 14.6 Å². The van der Waals surface area contributed by atoms with Crippen molar-refractivity contribution in [2.75, 3.05) is 6.61 Å². The summed E-state index contributed by atoms with van der Waals surface area (Å²) in [5.41, 5.74) is 5.62. The van der Waals surface area contributed by atoms with Gasteiger partial charge in [-0.2, -0.15) is 0 Å². The van der Waals surface area contributed by atoms with Crippen LogP contribution in [0.2, 0.25) is 0 Å². The first-order chi connectivity index (χ1) is 18.8. The molecule has 0 spiro atoms. The number of rotatable bonds is 11. The van der Waals surface area contributed by atoms with Gasteiger partial charge in [-0.15, -0.1) is 0 Å². The summed E-state index contributed by atoms with van der Waals surface area (Å²) >= 11 is 0. The number of hydrogen-bond donors (Lipinski definition) is 1. The molecule has 3 nitrogen and oxygen atoms in total. The third-order valence-electron chi connectivity index (χ3n) is 6.80. The summed E-state index contributed by atoms with van der Waals surface area (Å²) in [5.74, 6) is 1.51. The Labute approximate surface area is 225 Å². The molecule has 0 aliphatic rings. The third kappa shape index (κ3) is 6.50. The Kier molecular flexibility index (Phi) is 8.50. The molecule has 38 heavy (non-hydrogen) atoms. The lowest BCUT2D eigenvalue weighted by atomic mass is 9.77. The van der Waals surface area contributed by atoms with Crippen LogP contribution in [0.5, 0.6) is 11.5 Å². The molecule has 1 unspecified atom stereocenters. The minimum atomic E-state index is -0.0941. The fourth-order valence-electron chi connectivity index (χ4n) is 4.79. The van der Waals surface area contributed by atoms with Crippen LogP contribution >= 0.6 is 0 Å². The largest absolute Gasteiger partial charge is 0.489 e. The first kappa shape index (κ1) is 25.3. The van der Waals surface area contributed by atoms with Crippen molar-refractivity contribution in [3.63, 3.8) is 0 Å². The zero-order valence-corrected chi connectivity index (χ0v) is 21.3. The fourth-order valence-corrected chi connectivity index (χ4v) is 4.79. The van der Waals surface area contributed by atoms with Gasteiger partial charge in [0.15, 0.2) is 0 Å². The van der Waals surface area contributed by atoms with E-state index in [9.17, 15) is 5.11 Å². The summed E-state index contributed by atoms with van der Waals surface area (Å²) in [7, 11) is 0. The van der Waals surface area contributed by atoms with Gasteiger partial charge in [0.1, 0.15) is 24.7 Å². The van der Waals surface area contributed by atoms with Gasteiger partial charge in [0.05, 0.1) is 6.61 Å². The zero-order chi connectivity index (χ0) is 26.0. The first-order valence-electron chi connectivity index (χ1n) is 13.0. The normalized spacial score (nSPS) is 11.7. The van der Waals surface area contributed by atoms with Crippen molar-refractivity contribution in [3.05, 3.63) is 167 Å². The smallest absolute Gasteiger partial charge is 0.119 e. The molecule has 5 aromatic carbocycles. The summed E-state index contributed by atoms with van der Waals surface area (Å²) in [4.78, 5) is 0. The Hall–Kier alpha value is -4.34. The minimum Gasteiger partial charge on any atom is -0.489 e. The van der Waals surface area contributed by atoms with E-state index in [0.29, 0.717) is 13.2 Å². The van der Waals surface area contributed by atoms with Crippen LogP contribution in [0.3, 0.4) is 0 Å². The van der Waals surface area contributed by atoms with Gasteiger partial charge in [0.25, 0.3) is 0 Å². The van der Waals surface area contributed by atoms with Crippen molar-refractivity contribution < 1.29 is 14.6 Å². The SMILES string of the molecule is OCC(c1ccccc1)C(c1ccc(OCc2ccccc2)cc1)c1ccc(OCc2ccccc2)cc1. The average molecular weight is 501 g/mol. The molecule has 1 atom stereocenters. The first-order valence-corrected chi connectivity index (χ1v) is 13.0. The fraction of sp³-hybridized carbons (Fsp3) is 0.143. The lowest BCUT2D eigenvalue weighted by molar-refractivity contribution is 0.255. The standard InChI is InChI=1S/C35H32O3/c36-24-34(29-14-8-3-9-15-29)35(30-16-20-32(21-17-30)37-25-27-10-4-1-5-11-27)31-18-22-33(23-19-31)38-26-28-12-6-2-7-13-28/h1-23,34-36H,24-26H2. The highest BCUT2D eigenvalue weighted by Crippen LogP contribution is 2.39. The third-order valence-corrected chi connectivity index (χ3v) is 6.80.